The first kappa shape index (κ1) is 55.1. The van der Waals surface area contributed by atoms with Crippen molar-refractivity contribution in [3.05, 3.63) is 105 Å². The highest BCUT2D eigenvalue weighted by Gasteiger charge is 2.50. The van der Waals surface area contributed by atoms with Crippen LogP contribution in [0.2, 0.25) is 0 Å². The van der Waals surface area contributed by atoms with Gasteiger partial charge in [-0.15, -0.1) is 22.7 Å². The zero-order valence-corrected chi connectivity index (χ0v) is 45.9. The first-order valence-electron chi connectivity index (χ1n) is 26.4. The monoisotopic (exact) mass is 1000 g/mol. The van der Waals surface area contributed by atoms with Crippen LogP contribution in [-0.4, -0.2) is 71.2 Å². The number of ether oxygens (including phenoxy) is 2. The van der Waals surface area contributed by atoms with E-state index in [1.807, 2.05) is 51.3 Å². The third-order valence-electron chi connectivity index (χ3n) is 13.2. The van der Waals surface area contributed by atoms with Gasteiger partial charge in [-0.25, -0.2) is 9.59 Å². The summed E-state index contributed by atoms with van der Waals surface area (Å²) >= 11 is 3.28. The van der Waals surface area contributed by atoms with Crippen LogP contribution in [0, 0.1) is 11.8 Å². The molecule has 0 bridgehead atoms. The number of amides is 4. The van der Waals surface area contributed by atoms with Gasteiger partial charge in [-0.1, -0.05) is 121 Å². The zero-order valence-electron chi connectivity index (χ0n) is 44.3. The minimum Gasteiger partial charge on any atom is -0.444 e. The van der Waals surface area contributed by atoms with Crippen molar-refractivity contribution in [1.29, 1.82) is 0 Å². The molecule has 2 aliphatic heterocycles. The van der Waals surface area contributed by atoms with E-state index in [-0.39, 0.29) is 11.8 Å². The van der Waals surface area contributed by atoms with E-state index in [4.69, 9.17) is 9.47 Å². The summed E-state index contributed by atoms with van der Waals surface area (Å²) in [6, 6.07) is 25.6. The minimum absolute atomic E-state index is 0.0719. The molecule has 0 saturated heterocycles. The summed E-state index contributed by atoms with van der Waals surface area (Å²) < 4.78 is 10.8. The average Bonchev–Trinajstić information content (AvgIpc) is 4.12. The standard InChI is InChI=1S/C59H80N4O6S2/c1-11-15-17-21-41(14-4)39-63-53(49-35-33-47(71-49)45-30-26-43(27-31-45)23-19-37-61-57(67)69-59(8,9)10)51-50(55(63)65)52(62(54(51)64)38-40(13-3)20-16-12-2)48-34-32-46(70-48)44-28-24-42(25-29-44)22-18-36-60-56(66)68-58(5,6)7/h24-35,40-41H,11-23,36-39H2,1-10H3,(H,60,66)(H,61,67). The second-order valence-corrected chi connectivity index (χ2v) is 23.4. The molecule has 2 unspecified atom stereocenters. The minimum atomic E-state index is -0.532. The SMILES string of the molecule is CCCCCC(CC)CN1C(=O)C2=C(c3ccc(-c4ccc(CCCNC(=O)OC(C)(C)C)cc4)s3)N(CC(CC)CCCC)C(=O)C2=C1c1ccc(-c2ccc(CCCNC(=O)OC(C)(C)C)cc2)s1. The van der Waals surface area contributed by atoms with Gasteiger partial charge in [0.15, 0.2) is 0 Å². The Bertz CT molecular complexity index is 2490. The van der Waals surface area contributed by atoms with Gasteiger partial charge in [0.05, 0.1) is 32.3 Å². The fourth-order valence-corrected chi connectivity index (χ4v) is 11.4. The molecular formula is C59H80N4O6S2. The number of aryl methyl sites for hydroxylation is 2. The maximum Gasteiger partial charge on any atom is 0.407 e. The molecular weight excluding hydrogens is 925 g/mol. The van der Waals surface area contributed by atoms with E-state index >= 15 is 9.59 Å². The quantitative estimate of drug-likeness (QED) is 0.0639. The number of carbonyl (C=O) groups is 4. The second kappa shape index (κ2) is 25.5. The Kier molecular flexibility index (Phi) is 19.8. The van der Waals surface area contributed by atoms with Crippen LogP contribution in [0.4, 0.5) is 9.59 Å². The van der Waals surface area contributed by atoms with E-state index in [1.165, 1.54) is 11.1 Å². The van der Waals surface area contributed by atoms with Crippen molar-refractivity contribution in [2.24, 2.45) is 11.8 Å². The van der Waals surface area contributed by atoms with Gasteiger partial charge in [0.25, 0.3) is 11.8 Å². The third kappa shape index (κ3) is 15.2. The lowest BCUT2D eigenvalue weighted by molar-refractivity contribution is -0.124. The Hall–Kier alpha value is -5.20. The number of alkyl carbamates (subject to hydrolysis) is 2. The number of fused-ring (bicyclic) bond motifs is 1. The summed E-state index contributed by atoms with van der Waals surface area (Å²) in [6.07, 6.45) is 12.0. The first-order chi connectivity index (χ1) is 33.9. The van der Waals surface area contributed by atoms with Gasteiger partial charge in [0.2, 0.25) is 0 Å². The molecule has 71 heavy (non-hydrogen) atoms. The lowest BCUT2D eigenvalue weighted by atomic mass is 9.97. The Morgan fingerprint density at radius 3 is 1.27 bits per heavy atom. The number of rotatable bonds is 25. The fourth-order valence-electron chi connectivity index (χ4n) is 9.30. The lowest BCUT2D eigenvalue weighted by Gasteiger charge is -2.29. The van der Waals surface area contributed by atoms with Gasteiger partial charge < -0.3 is 29.9 Å². The van der Waals surface area contributed by atoms with E-state index in [1.54, 1.807) is 22.7 Å². The number of unbranched alkanes of at least 4 members (excludes halogenated alkanes) is 3. The van der Waals surface area contributed by atoms with Crippen LogP contribution in [0.3, 0.4) is 0 Å². The van der Waals surface area contributed by atoms with E-state index in [0.29, 0.717) is 49.2 Å². The summed E-state index contributed by atoms with van der Waals surface area (Å²) in [7, 11) is 0. The molecule has 12 heteroatoms. The number of nitrogens with one attached hydrogen (secondary N) is 2. The van der Waals surface area contributed by atoms with Crippen LogP contribution in [-0.2, 0) is 31.9 Å². The van der Waals surface area contributed by atoms with Crippen LogP contribution >= 0.6 is 22.7 Å². The van der Waals surface area contributed by atoms with Crippen molar-refractivity contribution >= 4 is 58.1 Å². The topological polar surface area (TPSA) is 117 Å². The number of carbonyl (C=O) groups excluding carboxylic acids is 4. The molecule has 6 rings (SSSR count). The predicted molar refractivity (Wildman–Crippen MR) is 293 cm³/mol. The lowest BCUT2D eigenvalue weighted by Crippen LogP contribution is -2.34. The number of hydrogen-bond acceptors (Lipinski definition) is 8. The fraction of sp³-hybridized carbons (Fsp3) is 0.525. The highest BCUT2D eigenvalue weighted by atomic mass is 32.1. The van der Waals surface area contributed by atoms with Gasteiger partial charge in [0.1, 0.15) is 11.2 Å². The van der Waals surface area contributed by atoms with Crippen LogP contribution in [0.25, 0.3) is 32.3 Å². The summed E-state index contributed by atoms with van der Waals surface area (Å²) in [5.41, 5.74) is 6.05. The third-order valence-corrected chi connectivity index (χ3v) is 15.5. The molecule has 4 aromatic rings. The summed E-state index contributed by atoms with van der Waals surface area (Å²) in [5, 5.41) is 5.71. The van der Waals surface area contributed by atoms with Crippen molar-refractivity contribution in [3.8, 4) is 20.9 Å². The highest BCUT2D eigenvalue weighted by molar-refractivity contribution is 7.17. The Labute approximate surface area is 432 Å². The Balaban J connectivity index is 1.31. The van der Waals surface area contributed by atoms with Crippen LogP contribution in [0.1, 0.15) is 161 Å². The zero-order chi connectivity index (χ0) is 51.3. The Morgan fingerprint density at radius 1 is 0.521 bits per heavy atom. The van der Waals surface area contributed by atoms with Crippen LogP contribution < -0.4 is 10.6 Å². The van der Waals surface area contributed by atoms with Gasteiger partial charge >= 0.3 is 12.2 Å². The van der Waals surface area contributed by atoms with Crippen molar-refractivity contribution < 1.29 is 28.7 Å². The van der Waals surface area contributed by atoms with Gasteiger partial charge in [0, 0.05) is 35.9 Å². The molecule has 0 radical (unpaired) electrons. The Morgan fingerprint density at radius 2 is 0.901 bits per heavy atom. The predicted octanol–water partition coefficient (Wildman–Crippen LogP) is 14.7. The molecule has 2 atom stereocenters. The van der Waals surface area contributed by atoms with Crippen molar-refractivity contribution in [1.82, 2.24) is 20.4 Å². The molecule has 0 aliphatic carbocycles. The number of nitrogens with zero attached hydrogens (tertiary/aromatic N) is 2. The molecule has 384 valence electrons. The normalized spacial score (nSPS) is 14.9. The summed E-state index contributed by atoms with van der Waals surface area (Å²) in [5.74, 6) is 0.459. The van der Waals surface area contributed by atoms with Crippen molar-refractivity contribution in [2.75, 3.05) is 26.2 Å². The molecule has 0 saturated carbocycles. The van der Waals surface area contributed by atoms with Crippen molar-refractivity contribution in [2.45, 2.75) is 164 Å². The number of benzene rings is 2. The second-order valence-electron chi connectivity index (χ2n) is 21.3. The molecule has 4 heterocycles. The molecule has 2 aromatic carbocycles. The number of hydrogen-bond donors (Lipinski definition) is 2. The summed E-state index contributed by atoms with van der Waals surface area (Å²) in [6.45, 7) is 22.2. The van der Waals surface area contributed by atoms with Gasteiger partial charge in [-0.05, 0) is 138 Å². The van der Waals surface area contributed by atoms with E-state index in [9.17, 15) is 9.59 Å². The maximum atomic E-state index is 15.4. The molecule has 2 aromatic heterocycles. The van der Waals surface area contributed by atoms with Gasteiger partial charge in [-0.2, -0.15) is 0 Å². The first-order valence-corrected chi connectivity index (χ1v) is 28.0. The van der Waals surface area contributed by atoms with Crippen LogP contribution in [0.15, 0.2) is 83.9 Å². The highest BCUT2D eigenvalue weighted by Crippen LogP contribution is 2.50. The van der Waals surface area contributed by atoms with E-state index in [0.717, 1.165) is 126 Å². The molecule has 2 N–H and O–H groups in total. The van der Waals surface area contributed by atoms with Crippen LogP contribution in [0.5, 0.6) is 0 Å². The van der Waals surface area contributed by atoms with E-state index < -0.39 is 23.4 Å². The number of thiophene rings is 2. The molecule has 4 amide bonds. The van der Waals surface area contributed by atoms with Crippen molar-refractivity contribution in [3.63, 3.8) is 0 Å². The molecule has 0 fully saturated rings. The molecule has 10 nitrogen and oxygen atoms in total. The smallest absolute Gasteiger partial charge is 0.407 e. The average molecular weight is 1010 g/mol. The van der Waals surface area contributed by atoms with Gasteiger partial charge in [-0.3, -0.25) is 9.59 Å². The maximum absolute atomic E-state index is 15.4. The van der Waals surface area contributed by atoms with E-state index in [2.05, 4.69) is 111 Å². The molecule has 2 aliphatic rings. The molecule has 0 spiro atoms. The summed E-state index contributed by atoms with van der Waals surface area (Å²) in [4.78, 5) is 63.0. The largest absolute Gasteiger partial charge is 0.444 e.